The number of hydrogen-bond donors (Lipinski definition) is 2. The van der Waals surface area contributed by atoms with Crippen LogP contribution in [0.3, 0.4) is 0 Å². The number of carbonyl (C=O) groups excluding carboxylic acids is 1. The minimum absolute atomic E-state index is 0.00453. The van der Waals surface area contributed by atoms with Crippen LogP contribution in [-0.4, -0.2) is 24.2 Å². The molecule has 1 aromatic heterocycles. The van der Waals surface area contributed by atoms with E-state index in [1.165, 1.54) is 42.6 Å². The highest BCUT2D eigenvalue weighted by molar-refractivity contribution is 7.90. The largest absolute Gasteiger partial charge is 0.339 e. The van der Waals surface area contributed by atoms with E-state index in [1.807, 2.05) is 4.72 Å². The number of pyridine rings is 1. The number of nitrogens with zero attached hydrogens (tertiary/aromatic N) is 2. The van der Waals surface area contributed by atoms with E-state index in [2.05, 4.69) is 10.3 Å². The summed E-state index contributed by atoms with van der Waals surface area (Å²) in [5, 5.41) is 13.4. The Labute approximate surface area is 131 Å². The summed E-state index contributed by atoms with van der Waals surface area (Å²) in [6, 6.07) is 8.07. The third-order valence-corrected chi connectivity index (χ3v) is 4.14. The molecule has 0 aliphatic rings. The quantitative estimate of drug-likeness (QED) is 0.625. The number of rotatable bonds is 5. The topological polar surface area (TPSA) is 131 Å². The maximum Gasteiger partial charge on any atom is 0.269 e. The van der Waals surface area contributed by atoms with Crippen LogP contribution in [0, 0.1) is 10.1 Å². The van der Waals surface area contributed by atoms with Crippen LogP contribution in [0.2, 0.25) is 0 Å². The Morgan fingerprint density at radius 2 is 1.87 bits per heavy atom. The molecule has 0 saturated heterocycles. The number of carbonyl (C=O) groups is 1. The number of nitro groups is 1. The average molecular weight is 336 g/mol. The van der Waals surface area contributed by atoms with Gasteiger partial charge >= 0.3 is 0 Å². The molecule has 1 heterocycles. The molecule has 0 radical (unpaired) electrons. The standard InChI is InChI=1S/C13H12N4O5S/c1-9(18)16-23(21,22)12-3-2-8-14-13(12)15-10-4-6-11(7-5-10)17(19)20/h2-8H,1H3,(H,14,15)(H,16,18). The molecule has 2 aromatic rings. The summed E-state index contributed by atoms with van der Waals surface area (Å²) in [6.07, 6.45) is 1.38. The first kappa shape index (κ1) is 16.4. The lowest BCUT2D eigenvalue weighted by molar-refractivity contribution is -0.384. The van der Waals surface area contributed by atoms with E-state index < -0.39 is 20.9 Å². The van der Waals surface area contributed by atoms with Gasteiger partial charge in [-0.25, -0.2) is 18.1 Å². The second-order valence-electron chi connectivity index (χ2n) is 4.44. The predicted octanol–water partition coefficient (Wildman–Crippen LogP) is 1.56. The van der Waals surface area contributed by atoms with E-state index in [0.29, 0.717) is 5.69 Å². The molecule has 2 N–H and O–H groups in total. The van der Waals surface area contributed by atoms with E-state index in [1.54, 1.807) is 0 Å². The average Bonchev–Trinajstić information content (AvgIpc) is 2.47. The number of nitrogens with one attached hydrogen (secondary N) is 2. The van der Waals surface area contributed by atoms with Crippen LogP contribution in [0.15, 0.2) is 47.5 Å². The molecule has 23 heavy (non-hydrogen) atoms. The van der Waals surface area contributed by atoms with Crippen molar-refractivity contribution in [1.29, 1.82) is 0 Å². The molecular weight excluding hydrogens is 324 g/mol. The number of amides is 1. The van der Waals surface area contributed by atoms with Crippen LogP contribution in [0.1, 0.15) is 6.92 Å². The molecule has 0 bridgehead atoms. The Kier molecular flexibility index (Phi) is 4.55. The van der Waals surface area contributed by atoms with E-state index in [4.69, 9.17) is 0 Å². The fraction of sp³-hybridized carbons (Fsp3) is 0.0769. The Hall–Kier alpha value is -3.01. The summed E-state index contributed by atoms with van der Waals surface area (Å²) in [7, 11) is -4.06. The Morgan fingerprint density at radius 1 is 1.22 bits per heavy atom. The molecule has 9 nitrogen and oxygen atoms in total. The molecule has 10 heteroatoms. The first-order chi connectivity index (χ1) is 10.8. The highest BCUT2D eigenvalue weighted by atomic mass is 32.2. The number of benzene rings is 1. The van der Waals surface area contributed by atoms with E-state index in [-0.39, 0.29) is 16.4 Å². The Balaban J connectivity index is 2.34. The molecule has 0 fully saturated rings. The lowest BCUT2D eigenvalue weighted by Crippen LogP contribution is -2.28. The van der Waals surface area contributed by atoms with Crippen molar-refractivity contribution in [3.05, 3.63) is 52.7 Å². The normalized spacial score (nSPS) is 10.8. The van der Waals surface area contributed by atoms with Gasteiger partial charge < -0.3 is 5.32 Å². The van der Waals surface area contributed by atoms with Gasteiger partial charge in [-0.15, -0.1) is 0 Å². The van der Waals surface area contributed by atoms with Crippen LogP contribution in [-0.2, 0) is 14.8 Å². The molecule has 0 unspecified atom stereocenters. The monoisotopic (exact) mass is 336 g/mol. The molecular formula is C13H12N4O5S. The third-order valence-electron chi connectivity index (χ3n) is 2.68. The molecule has 0 spiro atoms. The van der Waals surface area contributed by atoms with Gasteiger partial charge in [0, 0.05) is 30.9 Å². The molecule has 0 saturated carbocycles. The second-order valence-corrected chi connectivity index (χ2v) is 6.09. The number of anilines is 2. The van der Waals surface area contributed by atoms with Crippen LogP contribution in [0.4, 0.5) is 17.2 Å². The van der Waals surface area contributed by atoms with E-state index in [0.717, 1.165) is 6.92 Å². The van der Waals surface area contributed by atoms with Crippen molar-refractivity contribution in [2.45, 2.75) is 11.8 Å². The fourth-order valence-electron chi connectivity index (χ4n) is 1.75. The van der Waals surface area contributed by atoms with Crippen molar-refractivity contribution in [2.24, 2.45) is 0 Å². The minimum Gasteiger partial charge on any atom is -0.339 e. The lowest BCUT2D eigenvalue weighted by Gasteiger charge is -2.11. The predicted molar refractivity (Wildman–Crippen MR) is 81.6 cm³/mol. The first-order valence-electron chi connectivity index (χ1n) is 6.29. The maximum absolute atomic E-state index is 12.1. The molecule has 2 rings (SSSR count). The van der Waals surface area contributed by atoms with Crippen molar-refractivity contribution in [3.63, 3.8) is 0 Å². The van der Waals surface area contributed by atoms with Gasteiger partial charge in [-0.1, -0.05) is 0 Å². The smallest absolute Gasteiger partial charge is 0.269 e. The zero-order valence-corrected chi connectivity index (χ0v) is 12.7. The third kappa shape index (κ3) is 4.01. The molecule has 1 amide bonds. The summed E-state index contributed by atoms with van der Waals surface area (Å²) in [5.41, 5.74) is 0.316. The van der Waals surface area contributed by atoms with Gasteiger partial charge in [-0.05, 0) is 24.3 Å². The molecule has 0 aliphatic carbocycles. The minimum atomic E-state index is -4.06. The van der Waals surface area contributed by atoms with Gasteiger partial charge in [0.25, 0.3) is 15.7 Å². The number of hydrogen-bond acceptors (Lipinski definition) is 7. The van der Waals surface area contributed by atoms with Crippen molar-refractivity contribution < 1.29 is 18.1 Å². The summed E-state index contributed by atoms with van der Waals surface area (Å²) < 4.78 is 26.0. The van der Waals surface area contributed by atoms with Crippen LogP contribution in [0.5, 0.6) is 0 Å². The molecule has 0 aliphatic heterocycles. The Bertz CT molecular complexity index is 849. The highest BCUT2D eigenvalue weighted by Gasteiger charge is 2.20. The van der Waals surface area contributed by atoms with Gasteiger partial charge in [0.2, 0.25) is 5.91 Å². The van der Waals surface area contributed by atoms with Gasteiger partial charge in [-0.2, -0.15) is 0 Å². The summed E-state index contributed by atoms with van der Waals surface area (Å²) >= 11 is 0. The number of non-ortho nitro benzene ring substituents is 1. The number of aromatic nitrogens is 1. The molecule has 120 valence electrons. The van der Waals surface area contributed by atoms with Crippen molar-refractivity contribution >= 4 is 33.1 Å². The maximum atomic E-state index is 12.1. The zero-order valence-electron chi connectivity index (χ0n) is 11.9. The Morgan fingerprint density at radius 3 is 2.43 bits per heavy atom. The van der Waals surface area contributed by atoms with Crippen LogP contribution >= 0.6 is 0 Å². The summed E-state index contributed by atoms with van der Waals surface area (Å²) in [5.74, 6) is -0.731. The van der Waals surface area contributed by atoms with Crippen molar-refractivity contribution in [1.82, 2.24) is 9.71 Å². The van der Waals surface area contributed by atoms with E-state index >= 15 is 0 Å². The van der Waals surface area contributed by atoms with E-state index in [9.17, 15) is 23.3 Å². The van der Waals surface area contributed by atoms with Crippen LogP contribution in [0.25, 0.3) is 0 Å². The number of nitro benzene ring substituents is 1. The zero-order chi connectivity index (χ0) is 17.0. The highest BCUT2D eigenvalue weighted by Crippen LogP contribution is 2.23. The fourth-order valence-corrected chi connectivity index (χ4v) is 2.85. The van der Waals surface area contributed by atoms with Crippen molar-refractivity contribution in [3.8, 4) is 0 Å². The van der Waals surface area contributed by atoms with Gasteiger partial charge in [0.15, 0.2) is 5.82 Å². The molecule has 1 aromatic carbocycles. The SMILES string of the molecule is CC(=O)NS(=O)(=O)c1cccnc1Nc1ccc([N+](=O)[O-])cc1. The van der Waals surface area contributed by atoms with Gasteiger partial charge in [0.05, 0.1) is 4.92 Å². The van der Waals surface area contributed by atoms with Gasteiger partial charge in [0.1, 0.15) is 4.90 Å². The number of sulfonamides is 1. The van der Waals surface area contributed by atoms with Crippen LogP contribution < -0.4 is 10.0 Å². The van der Waals surface area contributed by atoms with Gasteiger partial charge in [-0.3, -0.25) is 14.9 Å². The molecule has 0 atom stereocenters. The lowest BCUT2D eigenvalue weighted by atomic mass is 10.3. The summed E-state index contributed by atoms with van der Waals surface area (Å²) in [4.78, 5) is 24.8. The first-order valence-corrected chi connectivity index (χ1v) is 7.78. The van der Waals surface area contributed by atoms with Crippen molar-refractivity contribution in [2.75, 3.05) is 5.32 Å². The second kappa shape index (κ2) is 6.40. The summed E-state index contributed by atoms with van der Waals surface area (Å²) in [6.45, 7) is 1.08.